The molecule has 0 spiro atoms. The van der Waals surface area contributed by atoms with E-state index < -0.39 is 10.4 Å². The Labute approximate surface area is 103 Å². The van der Waals surface area contributed by atoms with E-state index in [1.54, 1.807) is 0 Å². The fraction of sp³-hybridized carbons (Fsp3) is 0. The van der Waals surface area contributed by atoms with Gasteiger partial charge in [-0.1, -0.05) is 0 Å². The molecule has 0 saturated carbocycles. The van der Waals surface area contributed by atoms with E-state index >= 15 is 0 Å². The molecule has 7 heteroatoms. The van der Waals surface area contributed by atoms with Gasteiger partial charge in [-0.05, 0) is 0 Å². The van der Waals surface area contributed by atoms with Crippen molar-refractivity contribution in [2.75, 3.05) is 0 Å². The predicted octanol–water partition coefficient (Wildman–Crippen LogP) is -4.34. The van der Waals surface area contributed by atoms with Crippen molar-refractivity contribution in [2.24, 2.45) is 0 Å². The molecule has 0 aromatic carbocycles. The summed E-state index contributed by atoms with van der Waals surface area (Å²) >= 11 is 0. The van der Waals surface area contributed by atoms with Crippen LogP contribution < -0.4 is 51.4 Å². The second kappa shape index (κ2) is 6.51. The SMILES string of the molecule is O=S(=O)([O-])[O-].[K+].[Zr+4]. The summed E-state index contributed by atoms with van der Waals surface area (Å²) in [6.45, 7) is 0. The molecule has 0 rings (SSSR count). The molecule has 0 aliphatic carbocycles. The average Bonchev–Trinajstić information content (AvgIpc) is 0.722. The van der Waals surface area contributed by atoms with Gasteiger partial charge in [-0.2, -0.15) is 0 Å². The van der Waals surface area contributed by atoms with E-state index in [1.165, 1.54) is 0 Å². The molecule has 0 saturated heterocycles. The van der Waals surface area contributed by atoms with Crippen molar-refractivity contribution in [1.29, 1.82) is 0 Å². The summed E-state index contributed by atoms with van der Waals surface area (Å²) in [7, 11) is -5.17. The van der Waals surface area contributed by atoms with Crippen molar-refractivity contribution in [3.8, 4) is 0 Å². The first-order valence-electron chi connectivity index (χ1n) is 0.667. The minimum atomic E-state index is -5.17. The second-order valence-electron chi connectivity index (χ2n) is 0.408. The van der Waals surface area contributed by atoms with Gasteiger partial charge in [-0.15, -0.1) is 0 Å². The Balaban J connectivity index is -0.0000000800. The molecule has 0 aliphatic rings. The minimum absolute atomic E-state index is 0. The van der Waals surface area contributed by atoms with Crippen molar-refractivity contribution in [2.45, 2.75) is 0 Å². The van der Waals surface area contributed by atoms with E-state index in [9.17, 15) is 0 Å². The van der Waals surface area contributed by atoms with E-state index in [1.807, 2.05) is 0 Å². The Kier molecular flexibility index (Phi) is 15.1. The van der Waals surface area contributed by atoms with Gasteiger partial charge in [-0.3, -0.25) is 8.42 Å². The van der Waals surface area contributed by atoms with Crippen molar-refractivity contribution in [3.63, 3.8) is 0 Å². The van der Waals surface area contributed by atoms with Crippen LogP contribution in [-0.4, -0.2) is 17.5 Å². The summed E-state index contributed by atoms with van der Waals surface area (Å²) in [5.74, 6) is 0. The largest absolute Gasteiger partial charge is 4.00 e. The summed E-state index contributed by atoms with van der Waals surface area (Å²) < 4.78 is 34.1. The molecule has 0 amide bonds. The van der Waals surface area contributed by atoms with E-state index in [0.29, 0.717) is 0 Å². The predicted molar refractivity (Wildman–Crippen MR) is 10.5 cm³/mol. The first-order chi connectivity index (χ1) is 2.00. The topological polar surface area (TPSA) is 80.3 Å². The van der Waals surface area contributed by atoms with Crippen LogP contribution >= 0.6 is 0 Å². The van der Waals surface area contributed by atoms with Crippen LogP contribution in [0.15, 0.2) is 0 Å². The Bertz CT molecular complexity index is 94.9. The molecule has 0 aromatic rings. The fourth-order valence-corrected chi connectivity index (χ4v) is 0. The Hall–Kier alpha value is 2.39. The van der Waals surface area contributed by atoms with Crippen molar-refractivity contribution in [3.05, 3.63) is 0 Å². The first kappa shape index (κ1) is 16.2. The molecule has 0 bridgehead atoms. The molecule has 0 aromatic heterocycles. The van der Waals surface area contributed by atoms with Crippen LogP contribution in [0.2, 0.25) is 0 Å². The maximum atomic E-state index is 8.52. The number of hydrogen-bond acceptors (Lipinski definition) is 4. The van der Waals surface area contributed by atoms with Gasteiger partial charge in [0.2, 0.25) is 0 Å². The molecular formula is KO4SZr+3. The molecule has 0 aliphatic heterocycles. The third-order valence-corrected chi connectivity index (χ3v) is 0. The molecule has 0 atom stereocenters. The van der Waals surface area contributed by atoms with Crippen LogP contribution in [0.5, 0.6) is 0 Å². The van der Waals surface area contributed by atoms with Crippen LogP contribution in [0.1, 0.15) is 0 Å². The smallest absolute Gasteiger partial charge is 0.759 e. The number of rotatable bonds is 0. The number of hydrogen-bond donors (Lipinski definition) is 0. The standard InChI is InChI=1S/K.H2O4S.Zr/c;1-5(2,3)4;/h;(H2,1,2,3,4);/q+1;;+4/p-2. The van der Waals surface area contributed by atoms with Crippen molar-refractivity contribution < 1.29 is 95.1 Å². The Morgan fingerprint density at radius 3 is 1.14 bits per heavy atom. The van der Waals surface area contributed by atoms with Gasteiger partial charge in [-0.25, -0.2) is 0 Å². The van der Waals surface area contributed by atoms with Gasteiger partial charge in [0.15, 0.2) is 0 Å². The zero-order valence-electron chi connectivity index (χ0n) is 3.54. The van der Waals surface area contributed by atoms with Gasteiger partial charge in [0, 0.05) is 10.4 Å². The first-order valence-corrected chi connectivity index (χ1v) is 2.00. The second-order valence-corrected chi connectivity index (χ2v) is 1.22. The van der Waals surface area contributed by atoms with Crippen LogP contribution in [0.25, 0.3) is 0 Å². The van der Waals surface area contributed by atoms with Gasteiger partial charge in [0.05, 0.1) is 0 Å². The van der Waals surface area contributed by atoms with Crippen LogP contribution in [0.3, 0.4) is 0 Å². The molecule has 0 fully saturated rings. The minimum Gasteiger partial charge on any atom is -0.759 e. The molecule has 4 nitrogen and oxygen atoms in total. The van der Waals surface area contributed by atoms with Crippen LogP contribution in [-0.2, 0) is 36.6 Å². The molecule has 0 radical (unpaired) electrons. The summed E-state index contributed by atoms with van der Waals surface area (Å²) in [6.07, 6.45) is 0. The summed E-state index contributed by atoms with van der Waals surface area (Å²) in [5, 5.41) is 0. The average molecular weight is 226 g/mol. The van der Waals surface area contributed by atoms with E-state index in [-0.39, 0.29) is 77.6 Å². The van der Waals surface area contributed by atoms with E-state index in [0.717, 1.165) is 0 Å². The van der Waals surface area contributed by atoms with Gasteiger partial charge < -0.3 is 9.11 Å². The fourth-order valence-electron chi connectivity index (χ4n) is 0. The van der Waals surface area contributed by atoms with Crippen molar-refractivity contribution >= 4 is 10.4 Å². The maximum Gasteiger partial charge on any atom is 4.00 e. The summed E-state index contributed by atoms with van der Waals surface area (Å²) in [4.78, 5) is 0. The molecular weight excluding hydrogens is 226 g/mol. The van der Waals surface area contributed by atoms with E-state index in [4.69, 9.17) is 17.5 Å². The molecule has 0 N–H and O–H groups in total. The monoisotopic (exact) mass is 225 g/mol. The van der Waals surface area contributed by atoms with Crippen LogP contribution in [0, 0.1) is 0 Å². The molecule has 7 heavy (non-hydrogen) atoms. The quantitative estimate of drug-likeness (QED) is 0.238. The van der Waals surface area contributed by atoms with Gasteiger partial charge >= 0.3 is 77.6 Å². The molecule has 0 unspecified atom stereocenters. The van der Waals surface area contributed by atoms with E-state index in [2.05, 4.69) is 0 Å². The molecule has 0 heterocycles. The summed E-state index contributed by atoms with van der Waals surface area (Å²) in [5.41, 5.74) is 0. The van der Waals surface area contributed by atoms with Gasteiger partial charge in [0.1, 0.15) is 0 Å². The van der Waals surface area contributed by atoms with Crippen LogP contribution in [0.4, 0.5) is 0 Å². The third kappa shape index (κ3) is 60.0. The zero-order valence-corrected chi connectivity index (χ0v) is 9.94. The van der Waals surface area contributed by atoms with Gasteiger partial charge in [0.25, 0.3) is 0 Å². The molecule has 32 valence electrons. The Morgan fingerprint density at radius 1 is 1.14 bits per heavy atom. The Morgan fingerprint density at radius 2 is 1.14 bits per heavy atom. The normalized spacial score (nSPS) is 8.29. The zero-order chi connectivity index (χ0) is 4.50. The maximum absolute atomic E-state index is 8.52. The third-order valence-electron chi connectivity index (χ3n) is 0. The van der Waals surface area contributed by atoms with Crippen molar-refractivity contribution in [1.82, 2.24) is 0 Å². The summed E-state index contributed by atoms with van der Waals surface area (Å²) in [6, 6.07) is 0.